The van der Waals surface area contributed by atoms with E-state index in [9.17, 15) is 28.1 Å². The van der Waals surface area contributed by atoms with Crippen LogP contribution in [0.4, 0.5) is 24.5 Å². The largest absolute Gasteiger partial charge is 0.497 e. The molecule has 36 heavy (non-hydrogen) atoms. The summed E-state index contributed by atoms with van der Waals surface area (Å²) in [6, 6.07) is 9.80. The highest BCUT2D eigenvalue weighted by molar-refractivity contribution is 5.95. The van der Waals surface area contributed by atoms with Crippen molar-refractivity contribution >= 4 is 17.3 Å². The Bertz CT molecular complexity index is 1250. The van der Waals surface area contributed by atoms with Gasteiger partial charge >= 0.3 is 6.18 Å². The Morgan fingerprint density at radius 3 is 2.06 bits per heavy atom. The van der Waals surface area contributed by atoms with Crippen molar-refractivity contribution in [1.29, 1.82) is 0 Å². The maximum absolute atomic E-state index is 14.0. The second kappa shape index (κ2) is 9.76. The molecule has 13 heteroatoms. The molecule has 1 aliphatic heterocycles. The Morgan fingerprint density at radius 1 is 0.972 bits per heavy atom. The molecule has 0 aliphatic carbocycles. The Kier molecular flexibility index (Phi) is 6.73. The lowest BCUT2D eigenvalue weighted by Gasteiger charge is -2.36. The summed E-state index contributed by atoms with van der Waals surface area (Å²) in [5, 5.41) is 14.6. The van der Waals surface area contributed by atoms with E-state index < -0.39 is 28.3 Å². The standard InChI is InChI=1S/C23H22F3N5O5/c1-35-18-11-17(12-19(13-18)36-2)28-7-9-29(10-8-28)22(32)20-14-27-30(21(20)23(24,25)26)15-3-5-16(6-4-15)31(33)34/h3-6,11-14H,7-10H2,1-2H3. The number of non-ortho nitro benzene ring substituents is 1. The van der Waals surface area contributed by atoms with Crippen LogP contribution in [-0.2, 0) is 6.18 Å². The summed E-state index contributed by atoms with van der Waals surface area (Å²) in [7, 11) is 3.06. The fourth-order valence-electron chi connectivity index (χ4n) is 4.00. The molecular weight excluding hydrogens is 483 g/mol. The first-order valence-corrected chi connectivity index (χ1v) is 10.8. The van der Waals surface area contributed by atoms with Gasteiger partial charge in [-0.2, -0.15) is 18.3 Å². The molecule has 10 nitrogen and oxygen atoms in total. The zero-order valence-corrected chi connectivity index (χ0v) is 19.4. The molecule has 0 spiro atoms. The van der Waals surface area contributed by atoms with Crippen LogP contribution in [0.15, 0.2) is 48.7 Å². The number of methoxy groups -OCH3 is 2. The number of aromatic nitrogens is 2. The first kappa shape index (κ1) is 24.8. The molecule has 3 aromatic rings. The number of benzene rings is 2. The molecule has 1 aliphatic rings. The number of nitro groups is 1. The molecule has 1 aromatic heterocycles. The molecule has 0 N–H and O–H groups in total. The smallest absolute Gasteiger partial charge is 0.434 e. The summed E-state index contributed by atoms with van der Waals surface area (Å²) in [5.41, 5.74) is -1.34. The van der Waals surface area contributed by atoms with E-state index in [2.05, 4.69) is 5.10 Å². The molecule has 1 fully saturated rings. The molecule has 0 bridgehead atoms. The van der Waals surface area contributed by atoms with Crippen LogP contribution in [-0.4, -0.2) is 65.9 Å². The molecule has 1 saturated heterocycles. The Hall–Kier alpha value is -4.29. The van der Waals surface area contributed by atoms with Crippen molar-refractivity contribution in [2.75, 3.05) is 45.3 Å². The van der Waals surface area contributed by atoms with E-state index in [1.807, 2.05) is 17.0 Å². The number of amides is 1. The maximum atomic E-state index is 14.0. The van der Waals surface area contributed by atoms with Crippen molar-refractivity contribution in [3.63, 3.8) is 0 Å². The van der Waals surface area contributed by atoms with Gasteiger partial charge in [0, 0.05) is 62.2 Å². The zero-order valence-electron chi connectivity index (χ0n) is 19.4. The molecular formula is C23H22F3N5O5. The minimum absolute atomic E-state index is 0.0521. The van der Waals surface area contributed by atoms with E-state index in [4.69, 9.17) is 9.47 Å². The van der Waals surface area contributed by atoms with E-state index >= 15 is 0 Å². The van der Waals surface area contributed by atoms with Gasteiger partial charge in [-0.1, -0.05) is 0 Å². The summed E-state index contributed by atoms with van der Waals surface area (Å²) < 4.78 is 53.2. The SMILES string of the molecule is COc1cc(OC)cc(N2CCN(C(=O)c3cnn(-c4ccc([N+](=O)[O-])cc4)c3C(F)(F)F)CC2)c1. The van der Waals surface area contributed by atoms with E-state index in [1.165, 1.54) is 19.1 Å². The Balaban J connectivity index is 1.56. The highest BCUT2D eigenvalue weighted by Crippen LogP contribution is 2.35. The average Bonchev–Trinajstić information content (AvgIpc) is 3.34. The van der Waals surface area contributed by atoms with Gasteiger partial charge in [0.25, 0.3) is 11.6 Å². The molecule has 190 valence electrons. The van der Waals surface area contributed by atoms with Crippen LogP contribution in [0, 0.1) is 10.1 Å². The topological polar surface area (TPSA) is 103 Å². The summed E-state index contributed by atoms with van der Waals surface area (Å²) in [6.45, 7) is 1.16. The highest BCUT2D eigenvalue weighted by Gasteiger charge is 2.41. The van der Waals surface area contributed by atoms with Crippen LogP contribution in [0.1, 0.15) is 16.1 Å². The Labute approximate surface area is 203 Å². The van der Waals surface area contributed by atoms with Crippen molar-refractivity contribution in [3.05, 3.63) is 70.0 Å². The van der Waals surface area contributed by atoms with Crippen molar-refractivity contribution in [2.24, 2.45) is 0 Å². The first-order chi connectivity index (χ1) is 17.1. The third-order valence-electron chi connectivity index (χ3n) is 5.84. The lowest BCUT2D eigenvalue weighted by Crippen LogP contribution is -2.49. The van der Waals surface area contributed by atoms with Crippen molar-refractivity contribution in [2.45, 2.75) is 6.18 Å². The molecule has 0 unspecified atom stereocenters. The second-order valence-corrected chi connectivity index (χ2v) is 7.94. The van der Waals surface area contributed by atoms with Gasteiger partial charge in [-0.05, 0) is 12.1 Å². The number of carbonyl (C=O) groups excluding carboxylic acids is 1. The molecule has 2 heterocycles. The molecule has 1 amide bonds. The van der Waals surface area contributed by atoms with Crippen LogP contribution in [0.5, 0.6) is 11.5 Å². The number of hydrogen-bond donors (Lipinski definition) is 0. The van der Waals surface area contributed by atoms with Crippen LogP contribution in [0.25, 0.3) is 5.69 Å². The number of anilines is 1. The van der Waals surface area contributed by atoms with Gasteiger partial charge in [-0.25, -0.2) is 4.68 Å². The van der Waals surface area contributed by atoms with Gasteiger partial charge < -0.3 is 19.3 Å². The third kappa shape index (κ3) is 4.90. The average molecular weight is 505 g/mol. The number of rotatable bonds is 6. The fraction of sp³-hybridized carbons (Fsp3) is 0.304. The van der Waals surface area contributed by atoms with Crippen LogP contribution < -0.4 is 14.4 Å². The number of hydrogen-bond acceptors (Lipinski definition) is 7. The summed E-state index contributed by atoms with van der Waals surface area (Å²) in [6.07, 6.45) is -4.01. The first-order valence-electron chi connectivity index (χ1n) is 10.8. The lowest BCUT2D eigenvalue weighted by atomic mass is 10.1. The monoisotopic (exact) mass is 505 g/mol. The number of nitro benzene ring substituents is 1. The number of piperazine rings is 1. The van der Waals surface area contributed by atoms with Crippen molar-refractivity contribution in [3.8, 4) is 17.2 Å². The second-order valence-electron chi connectivity index (χ2n) is 7.94. The minimum Gasteiger partial charge on any atom is -0.497 e. The van der Waals surface area contributed by atoms with E-state index in [1.54, 1.807) is 6.07 Å². The van der Waals surface area contributed by atoms with Gasteiger partial charge in [0.2, 0.25) is 0 Å². The van der Waals surface area contributed by atoms with Gasteiger partial charge in [0.15, 0.2) is 5.69 Å². The molecule has 2 aromatic carbocycles. The molecule has 0 saturated carbocycles. The number of carbonyl (C=O) groups is 1. The number of ether oxygens (including phenoxy) is 2. The summed E-state index contributed by atoms with van der Waals surface area (Å²) in [4.78, 5) is 26.7. The van der Waals surface area contributed by atoms with Crippen LogP contribution in [0.3, 0.4) is 0 Å². The summed E-state index contributed by atoms with van der Waals surface area (Å²) >= 11 is 0. The van der Waals surface area contributed by atoms with Gasteiger partial charge in [0.05, 0.1) is 36.6 Å². The number of nitrogens with zero attached hydrogens (tertiary/aromatic N) is 5. The van der Waals surface area contributed by atoms with Crippen molar-refractivity contribution in [1.82, 2.24) is 14.7 Å². The van der Waals surface area contributed by atoms with Gasteiger partial charge in [0.1, 0.15) is 11.5 Å². The van der Waals surface area contributed by atoms with Crippen molar-refractivity contribution < 1.29 is 32.4 Å². The summed E-state index contributed by atoms with van der Waals surface area (Å²) in [5.74, 6) is 0.394. The normalized spacial score (nSPS) is 14.0. The Morgan fingerprint density at radius 2 is 1.56 bits per heavy atom. The van der Waals surface area contributed by atoms with Crippen LogP contribution in [0.2, 0.25) is 0 Å². The predicted octanol–water partition coefficient (Wildman–Crippen LogP) is 3.78. The maximum Gasteiger partial charge on any atom is 0.434 e. The molecule has 0 atom stereocenters. The minimum atomic E-state index is -4.89. The molecule has 4 rings (SSSR count). The zero-order chi connectivity index (χ0) is 26.0. The van der Waals surface area contributed by atoms with E-state index in [0.717, 1.165) is 36.1 Å². The van der Waals surface area contributed by atoms with E-state index in [0.29, 0.717) is 29.3 Å². The van der Waals surface area contributed by atoms with Crippen LogP contribution >= 0.6 is 0 Å². The lowest BCUT2D eigenvalue weighted by molar-refractivity contribution is -0.384. The predicted molar refractivity (Wildman–Crippen MR) is 123 cm³/mol. The molecule has 0 radical (unpaired) electrons. The highest BCUT2D eigenvalue weighted by atomic mass is 19.4. The van der Waals surface area contributed by atoms with Gasteiger partial charge in [-0.3, -0.25) is 14.9 Å². The quantitative estimate of drug-likeness (QED) is 0.371. The van der Waals surface area contributed by atoms with E-state index in [-0.39, 0.29) is 24.5 Å². The number of halogens is 3. The third-order valence-corrected chi connectivity index (χ3v) is 5.84. The number of alkyl halides is 3. The fourth-order valence-corrected chi connectivity index (χ4v) is 4.00. The van der Waals surface area contributed by atoms with Gasteiger partial charge in [-0.15, -0.1) is 0 Å².